The third-order valence-corrected chi connectivity index (χ3v) is 2.86. The first-order valence-corrected chi connectivity index (χ1v) is 6.85. The zero-order valence-electron chi connectivity index (χ0n) is 12.1. The van der Waals surface area contributed by atoms with Crippen LogP contribution in [0.25, 0.3) is 0 Å². The normalized spacial score (nSPS) is 11.1. The summed E-state index contributed by atoms with van der Waals surface area (Å²) in [6, 6.07) is 0. The zero-order valence-corrected chi connectivity index (χ0v) is 12.1. The molecule has 0 amide bonds. The highest BCUT2D eigenvalue weighted by atomic mass is 16.7. The summed E-state index contributed by atoms with van der Waals surface area (Å²) >= 11 is 0. The van der Waals surface area contributed by atoms with Crippen LogP contribution >= 0.6 is 0 Å². The molecule has 0 fully saturated rings. The molecule has 0 radical (unpaired) electrons. The SMILES string of the molecule is CCCCCCCC(CC)(OC(C)=O)OC(C)=O. The fraction of sp³-hybridized carbons (Fsp3) is 0.857. The fourth-order valence-corrected chi connectivity index (χ4v) is 1.97. The molecule has 0 N–H and O–H groups in total. The van der Waals surface area contributed by atoms with E-state index in [0.29, 0.717) is 12.8 Å². The summed E-state index contributed by atoms with van der Waals surface area (Å²) in [7, 11) is 0. The molecule has 4 heteroatoms. The average Bonchev–Trinajstić information content (AvgIpc) is 2.27. The molecule has 0 spiro atoms. The van der Waals surface area contributed by atoms with E-state index in [4.69, 9.17) is 9.47 Å². The van der Waals surface area contributed by atoms with Crippen molar-refractivity contribution in [2.45, 2.75) is 78.4 Å². The predicted octanol–water partition coefficient (Wildman–Crippen LogP) is 3.58. The Kier molecular flexibility index (Phi) is 8.42. The van der Waals surface area contributed by atoms with E-state index < -0.39 is 17.7 Å². The van der Waals surface area contributed by atoms with E-state index in [1.165, 1.54) is 26.7 Å². The molecule has 18 heavy (non-hydrogen) atoms. The van der Waals surface area contributed by atoms with Crippen LogP contribution in [0.2, 0.25) is 0 Å². The van der Waals surface area contributed by atoms with Crippen molar-refractivity contribution in [3.63, 3.8) is 0 Å². The average molecular weight is 258 g/mol. The highest BCUT2D eigenvalue weighted by molar-refractivity contribution is 5.68. The van der Waals surface area contributed by atoms with Crippen LogP contribution in [0.4, 0.5) is 0 Å². The molecule has 0 saturated heterocycles. The highest BCUT2D eigenvalue weighted by Gasteiger charge is 2.34. The molecule has 106 valence electrons. The van der Waals surface area contributed by atoms with Crippen LogP contribution in [0, 0.1) is 0 Å². The molecule has 0 aliphatic rings. The summed E-state index contributed by atoms with van der Waals surface area (Å²) in [6.45, 7) is 6.70. The van der Waals surface area contributed by atoms with Gasteiger partial charge in [-0.05, 0) is 6.42 Å². The number of carbonyl (C=O) groups is 2. The second kappa shape index (κ2) is 8.95. The second-order valence-electron chi connectivity index (χ2n) is 4.62. The summed E-state index contributed by atoms with van der Waals surface area (Å²) in [5, 5.41) is 0. The zero-order chi connectivity index (χ0) is 14.0. The Balaban J connectivity index is 4.34. The van der Waals surface area contributed by atoms with Crippen molar-refractivity contribution in [1.82, 2.24) is 0 Å². The van der Waals surface area contributed by atoms with Crippen molar-refractivity contribution < 1.29 is 19.1 Å². The van der Waals surface area contributed by atoms with Crippen molar-refractivity contribution in [3.8, 4) is 0 Å². The Hall–Kier alpha value is -1.06. The van der Waals surface area contributed by atoms with Gasteiger partial charge in [-0.1, -0.05) is 39.5 Å². The molecule has 0 rings (SSSR count). The van der Waals surface area contributed by atoms with Crippen LogP contribution in [0.5, 0.6) is 0 Å². The first-order valence-electron chi connectivity index (χ1n) is 6.85. The topological polar surface area (TPSA) is 52.6 Å². The van der Waals surface area contributed by atoms with Gasteiger partial charge in [-0.15, -0.1) is 0 Å². The Bertz CT molecular complexity index is 245. The van der Waals surface area contributed by atoms with Crippen LogP contribution < -0.4 is 0 Å². The number of ether oxygens (including phenoxy) is 2. The van der Waals surface area contributed by atoms with E-state index in [-0.39, 0.29) is 0 Å². The minimum atomic E-state index is -1.07. The van der Waals surface area contributed by atoms with E-state index >= 15 is 0 Å². The molecule has 0 atom stereocenters. The molecule has 0 heterocycles. The molecule has 0 saturated carbocycles. The lowest BCUT2D eigenvalue weighted by Crippen LogP contribution is -2.38. The first-order chi connectivity index (χ1) is 8.45. The van der Waals surface area contributed by atoms with E-state index in [1.54, 1.807) is 0 Å². The number of hydrogen-bond acceptors (Lipinski definition) is 4. The summed E-state index contributed by atoms with van der Waals surface area (Å²) in [4.78, 5) is 22.2. The van der Waals surface area contributed by atoms with Gasteiger partial charge in [0.15, 0.2) is 0 Å². The summed E-state index contributed by atoms with van der Waals surface area (Å²) in [5.41, 5.74) is 0. The van der Waals surface area contributed by atoms with Gasteiger partial charge in [-0.25, -0.2) is 0 Å². The van der Waals surface area contributed by atoms with Gasteiger partial charge in [0.05, 0.1) is 0 Å². The molecule has 0 unspecified atom stereocenters. The second-order valence-corrected chi connectivity index (χ2v) is 4.62. The minimum Gasteiger partial charge on any atom is -0.423 e. The van der Waals surface area contributed by atoms with Crippen molar-refractivity contribution in [2.24, 2.45) is 0 Å². The number of hydrogen-bond donors (Lipinski definition) is 0. The van der Waals surface area contributed by atoms with Gasteiger partial charge in [0.2, 0.25) is 0 Å². The van der Waals surface area contributed by atoms with Gasteiger partial charge in [0.1, 0.15) is 0 Å². The molecule has 0 aromatic rings. The van der Waals surface area contributed by atoms with Crippen molar-refractivity contribution in [1.29, 1.82) is 0 Å². The fourth-order valence-electron chi connectivity index (χ4n) is 1.97. The van der Waals surface area contributed by atoms with Crippen LogP contribution in [-0.2, 0) is 19.1 Å². The maximum Gasteiger partial charge on any atom is 0.305 e. The van der Waals surface area contributed by atoms with Gasteiger partial charge < -0.3 is 9.47 Å². The Morgan fingerprint density at radius 1 is 0.889 bits per heavy atom. The lowest BCUT2D eigenvalue weighted by molar-refractivity contribution is -0.230. The number of unbranched alkanes of at least 4 members (excludes halogenated alkanes) is 4. The van der Waals surface area contributed by atoms with Crippen LogP contribution in [0.15, 0.2) is 0 Å². The predicted molar refractivity (Wildman–Crippen MR) is 69.9 cm³/mol. The van der Waals surface area contributed by atoms with Gasteiger partial charge in [0.25, 0.3) is 5.79 Å². The van der Waals surface area contributed by atoms with Gasteiger partial charge >= 0.3 is 11.9 Å². The molecule has 0 aliphatic carbocycles. The number of esters is 2. The van der Waals surface area contributed by atoms with Crippen molar-refractivity contribution in [3.05, 3.63) is 0 Å². The van der Waals surface area contributed by atoms with E-state index in [0.717, 1.165) is 19.3 Å². The van der Waals surface area contributed by atoms with Crippen LogP contribution in [0.3, 0.4) is 0 Å². The standard InChI is InChI=1S/C14H26O4/c1-5-7-8-9-10-11-14(6-2,17-12(3)15)18-13(4)16/h5-11H2,1-4H3. The molecule has 0 aromatic heterocycles. The summed E-state index contributed by atoms with van der Waals surface area (Å²) < 4.78 is 10.4. The third kappa shape index (κ3) is 7.30. The lowest BCUT2D eigenvalue weighted by Gasteiger charge is -2.31. The van der Waals surface area contributed by atoms with E-state index in [1.807, 2.05) is 6.92 Å². The van der Waals surface area contributed by atoms with Gasteiger partial charge in [0, 0.05) is 26.7 Å². The minimum absolute atomic E-state index is 0.411. The Morgan fingerprint density at radius 3 is 1.78 bits per heavy atom. The van der Waals surface area contributed by atoms with E-state index in [2.05, 4.69) is 6.92 Å². The Labute approximate surface area is 110 Å². The maximum atomic E-state index is 11.1. The number of carbonyl (C=O) groups excluding carboxylic acids is 2. The first kappa shape index (κ1) is 16.9. The molecular formula is C14H26O4. The van der Waals surface area contributed by atoms with Gasteiger partial charge in [-0.2, -0.15) is 0 Å². The van der Waals surface area contributed by atoms with Gasteiger partial charge in [-0.3, -0.25) is 9.59 Å². The monoisotopic (exact) mass is 258 g/mol. The summed E-state index contributed by atoms with van der Waals surface area (Å²) in [5.74, 6) is -1.89. The molecule has 0 aromatic carbocycles. The summed E-state index contributed by atoms with van der Waals surface area (Å²) in [6.07, 6.45) is 6.59. The number of rotatable bonds is 9. The van der Waals surface area contributed by atoms with E-state index in [9.17, 15) is 9.59 Å². The molecule has 0 bridgehead atoms. The lowest BCUT2D eigenvalue weighted by atomic mass is 10.0. The maximum absolute atomic E-state index is 11.1. The Morgan fingerprint density at radius 2 is 1.39 bits per heavy atom. The van der Waals surface area contributed by atoms with Crippen LogP contribution in [-0.4, -0.2) is 17.7 Å². The quantitative estimate of drug-likeness (QED) is 0.360. The molecular weight excluding hydrogens is 232 g/mol. The van der Waals surface area contributed by atoms with Crippen LogP contribution in [0.1, 0.15) is 72.6 Å². The largest absolute Gasteiger partial charge is 0.423 e. The third-order valence-electron chi connectivity index (χ3n) is 2.86. The van der Waals surface area contributed by atoms with Crippen molar-refractivity contribution in [2.75, 3.05) is 0 Å². The highest BCUT2D eigenvalue weighted by Crippen LogP contribution is 2.26. The smallest absolute Gasteiger partial charge is 0.305 e. The van der Waals surface area contributed by atoms with Crippen molar-refractivity contribution >= 4 is 11.9 Å². The molecule has 4 nitrogen and oxygen atoms in total. The molecule has 0 aliphatic heterocycles.